The Hall–Kier alpha value is -3.38. The van der Waals surface area contributed by atoms with Crippen molar-refractivity contribution >= 4 is 17.9 Å². The van der Waals surface area contributed by atoms with Crippen LogP contribution in [-0.2, 0) is 11.3 Å². The number of hydrogen-bond donors (Lipinski definition) is 1. The van der Waals surface area contributed by atoms with Crippen LogP contribution in [-0.4, -0.2) is 63.0 Å². The van der Waals surface area contributed by atoms with E-state index in [4.69, 9.17) is 5.11 Å². The van der Waals surface area contributed by atoms with Gasteiger partial charge in [-0.2, -0.15) is 10.1 Å². The van der Waals surface area contributed by atoms with Crippen molar-refractivity contribution in [3.8, 4) is 5.88 Å². The van der Waals surface area contributed by atoms with Crippen LogP contribution in [0.3, 0.4) is 0 Å². The average Bonchev–Trinajstić information content (AvgIpc) is 3.12. The molecule has 2 aromatic rings. The molecular formula is C17H17F4N5O4. The van der Waals surface area contributed by atoms with E-state index < -0.39 is 42.8 Å². The van der Waals surface area contributed by atoms with Crippen molar-refractivity contribution < 1.29 is 37.0 Å². The van der Waals surface area contributed by atoms with Gasteiger partial charge in [-0.1, -0.05) is 6.07 Å². The Morgan fingerprint density at radius 3 is 2.40 bits per heavy atom. The normalized spacial score (nSPS) is 14.5. The highest BCUT2D eigenvalue weighted by Gasteiger charge is 2.26. The first-order valence-corrected chi connectivity index (χ1v) is 8.79. The van der Waals surface area contributed by atoms with Gasteiger partial charge in [-0.3, -0.25) is 9.48 Å². The Labute approximate surface area is 167 Å². The maximum Gasteiger partial charge on any atom is 0.512 e. The van der Waals surface area contributed by atoms with Crippen molar-refractivity contribution in [2.24, 2.45) is 0 Å². The van der Waals surface area contributed by atoms with Crippen LogP contribution in [0.25, 0.3) is 0 Å². The van der Waals surface area contributed by atoms with Crippen LogP contribution in [0.5, 0.6) is 5.88 Å². The van der Waals surface area contributed by atoms with Crippen molar-refractivity contribution in [3.05, 3.63) is 35.7 Å². The molecule has 1 amide bonds. The number of amides is 1. The molecule has 0 radical (unpaired) electrons. The summed E-state index contributed by atoms with van der Waals surface area (Å²) in [7, 11) is 0. The fourth-order valence-corrected chi connectivity index (χ4v) is 3.00. The lowest BCUT2D eigenvalue weighted by Gasteiger charge is -2.35. The van der Waals surface area contributed by atoms with Crippen molar-refractivity contribution in [1.29, 1.82) is 0 Å². The molecule has 0 bridgehead atoms. The number of carbonyl (C=O) groups is 2. The van der Waals surface area contributed by atoms with Crippen LogP contribution in [0.1, 0.15) is 24.2 Å². The Kier molecular flexibility index (Phi) is 6.37. The molecule has 0 unspecified atom stereocenters. The zero-order valence-electron chi connectivity index (χ0n) is 15.4. The zero-order valence-corrected chi connectivity index (χ0v) is 15.4. The van der Waals surface area contributed by atoms with Crippen molar-refractivity contribution in [3.63, 3.8) is 0 Å². The van der Waals surface area contributed by atoms with Gasteiger partial charge in [-0.05, 0) is 12.1 Å². The summed E-state index contributed by atoms with van der Waals surface area (Å²) in [5.74, 6) is -0.169. The first-order chi connectivity index (χ1) is 14.2. The highest BCUT2D eigenvalue weighted by Crippen LogP contribution is 2.25. The number of halogens is 4. The van der Waals surface area contributed by atoms with E-state index in [1.165, 1.54) is 11.0 Å². The quantitative estimate of drug-likeness (QED) is 0.554. The summed E-state index contributed by atoms with van der Waals surface area (Å²) in [6.07, 6.45) is -7.55. The number of aromatic nitrogens is 3. The van der Waals surface area contributed by atoms with E-state index >= 15 is 0 Å². The first kappa shape index (κ1) is 21.3. The van der Waals surface area contributed by atoms with Gasteiger partial charge in [0.15, 0.2) is 0 Å². The molecule has 162 valence electrons. The van der Waals surface area contributed by atoms with E-state index in [0.717, 1.165) is 0 Å². The van der Waals surface area contributed by atoms with Crippen LogP contribution in [0, 0.1) is 0 Å². The number of hydrogen-bond acceptors (Lipinski definition) is 6. The number of carboxylic acid groups (broad SMARTS) is 1. The molecule has 1 aliphatic heterocycles. The Morgan fingerprint density at radius 2 is 1.80 bits per heavy atom. The van der Waals surface area contributed by atoms with Gasteiger partial charge in [-0.25, -0.2) is 22.4 Å². The SMILES string of the molecule is O=C(O)Oc1cccc(N2CCN(C(=O)Cn3nc(C(F)F)cc3C(F)F)CC2)n1. The third-order valence-corrected chi connectivity index (χ3v) is 4.42. The van der Waals surface area contributed by atoms with Crippen LogP contribution < -0.4 is 9.64 Å². The minimum absolute atomic E-state index is 0.0912. The monoisotopic (exact) mass is 431 g/mol. The fraction of sp³-hybridized carbons (Fsp3) is 0.412. The predicted octanol–water partition coefficient (Wildman–Crippen LogP) is 2.56. The summed E-state index contributed by atoms with van der Waals surface area (Å²) in [4.78, 5) is 30.3. The molecule has 1 aliphatic rings. The van der Waals surface area contributed by atoms with Crippen LogP contribution in [0.2, 0.25) is 0 Å². The van der Waals surface area contributed by atoms with Gasteiger partial charge in [0.1, 0.15) is 23.8 Å². The molecule has 3 heterocycles. The van der Waals surface area contributed by atoms with E-state index in [2.05, 4.69) is 14.8 Å². The topological polar surface area (TPSA) is 101 Å². The van der Waals surface area contributed by atoms with Gasteiger partial charge in [0, 0.05) is 32.2 Å². The summed E-state index contributed by atoms with van der Waals surface area (Å²) in [5.41, 5.74) is -1.55. The molecule has 9 nitrogen and oxygen atoms in total. The van der Waals surface area contributed by atoms with Gasteiger partial charge < -0.3 is 19.6 Å². The molecule has 1 N–H and O–H groups in total. The summed E-state index contributed by atoms with van der Waals surface area (Å²) in [6, 6.07) is 5.20. The molecule has 0 aromatic carbocycles. The number of ether oxygens (including phenoxy) is 1. The average molecular weight is 431 g/mol. The maximum absolute atomic E-state index is 13.1. The van der Waals surface area contributed by atoms with Crippen LogP contribution in [0.4, 0.5) is 28.2 Å². The Balaban J connectivity index is 1.62. The van der Waals surface area contributed by atoms with E-state index in [-0.39, 0.29) is 19.0 Å². The molecule has 30 heavy (non-hydrogen) atoms. The fourth-order valence-electron chi connectivity index (χ4n) is 3.00. The minimum Gasteiger partial charge on any atom is -0.449 e. The van der Waals surface area contributed by atoms with Gasteiger partial charge >= 0.3 is 6.16 Å². The number of carbonyl (C=O) groups excluding carboxylic acids is 1. The minimum atomic E-state index is -3.04. The lowest BCUT2D eigenvalue weighted by molar-refractivity contribution is -0.132. The van der Waals surface area contributed by atoms with Crippen molar-refractivity contribution in [2.75, 3.05) is 31.1 Å². The zero-order chi connectivity index (χ0) is 21.8. The predicted molar refractivity (Wildman–Crippen MR) is 93.8 cm³/mol. The third kappa shape index (κ3) is 4.96. The van der Waals surface area contributed by atoms with E-state index in [9.17, 15) is 27.2 Å². The molecular weight excluding hydrogens is 414 g/mol. The van der Waals surface area contributed by atoms with Crippen LogP contribution >= 0.6 is 0 Å². The van der Waals surface area contributed by atoms with Gasteiger partial charge in [-0.15, -0.1) is 0 Å². The largest absolute Gasteiger partial charge is 0.512 e. The van der Waals surface area contributed by atoms with Gasteiger partial charge in [0.25, 0.3) is 12.9 Å². The number of rotatable bonds is 6. The second-order valence-corrected chi connectivity index (χ2v) is 6.32. The highest BCUT2D eigenvalue weighted by molar-refractivity contribution is 5.76. The second kappa shape index (κ2) is 8.97. The lowest BCUT2D eigenvalue weighted by atomic mass is 10.3. The van der Waals surface area contributed by atoms with Crippen molar-refractivity contribution in [2.45, 2.75) is 19.4 Å². The smallest absolute Gasteiger partial charge is 0.449 e. The highest BCUT2D eigenvalue weighted by atomic mass is 19.3. The molecule has 0 spiro atoms. The molecule has 13 heteroatoms. The molecule has 3 rings (SSSR count). The number of nitrogens with zero attached hydrogens (tertiary/aromatic N) is 5. The molecule has 0 saturated carbocycles. The van der Waals surface area contributed by atoms with Crippen molar-refractivity contribution in [1.82, 2.24) is 19.7 Å². The summed E-state index contributed by atoms with van der Waals surface area (Å²) in [5, 5.41) is 12.1. The van der Waals surface area contributed by atoms with Crippen LogP contribution in [0.15, 0.2) is 24.3 Å². The summed E-state index contributed by atoms with van der Waals surface area (Å²) in [6.45, 7) is 0.582. The first-order valence-electron chi connectivity index (χ1n) is 8.79. The molecule has 2 aromatic heterocycles. The molecule has 1 saturated heterocycles. The van der Waals surface area contributed by atoms with Gasteiger partial charge in [0.05, 0.1) is 0 Å². The second-order valence-electron chi connectivity index (χ2n) is 6.32. The van der Waals surface area contributed by atoms with E-state index in [1.54, 1.807) is 17.0 Å². The standard InChI is InChI=1S/C17H17F4N5O4/c18-15(19)10-8-11(16(20)21)26(23-10)9-14(27)25-6-4-24(5-7-25)12-2-1-3-13(22-12)30-17(28)29/h1-3,8,15-16H,4-7,9H2,(H,28,29). The van der Waals surface area contributed by atoms with E-state index in [1.807, 2.05) is 0 Å². The molecule has 0 atom stereocenters. The Bertz CT molecular complexity index is 915. The summed E-state index contributed by atoms with van der Waals surface area (Å²) < 4.78 is 56.7. The van der Waals surface area contributed by atoms with Gasteiger partial charge in [0.2, 0.25) is 11.8 Å². The summed E-state index contributed by atoms with van der Waals surface area (Å²) >= 11 is 0. The number of anilines is 1. The molecule has 1 fully saturated rings. The maximum atomic E-state index is 13.1. The number of pyridine rings is 1. The Morgan fingerprint density at radius 1 is 1.10 bits per heavy atom. The number of alkyl halides is 4. The molecule has 0 aliphatic carbocycles. The number of piperazine rings is 1. The van der Waals surface area contributed by atoms with E-state index in [0.29, 0.717) is 29.7 Å². The third-order valence-electron chi connectivity index (χ3n) is 4.42. The lowest BCUT2D eigenvalue weighted by Crippen LogP contribution is -2.50.